The Morgan fingerprint density at radius 2 is 1.89 bits per heavy atom. The van der Waals surface area contributed by atoms with Crippen LogP contribution in [0.2, 0.25) is 0 Å². The molecule has 0 radical (unpaired) electrons. The van der Waals surface area contributed by atoms with E-state index in [4.69, 9.17) is 11.6 Å². The minimum absolute atomic E-state index is 0.00753. The minimum Gasteiger partial charge on any atom is -0.496 e. The van der Waals surface area contributed by atoms with Crippen LogP contribution < -0.4 is 4.74 Å². The number of carboxylic acids is 1. The van der Waals surface area contributed by atoms with Crippen molar-refractivity contribution in [3.05, 3.63) is 88.4 Å². The summed E-state index contributed by atoms with van der Waals surface area (Å²) in [6.45, 7) is 2.11. The first kappa shape index (κ1) is 20.5. The van der Waals surface area contributed by atoms with Crippen molar-refractivity contribution < 1.29 is 34.7 Å². The molecule has 1 aliphatic rings. The Morgan fingerprint density at radius 3 is 2.57 bits per heavy atom. The number of piperidine rings is 1. The van der Waals surface area contributed by atoms with Crippen molar-refractivity contribution in [1.82, 2.24) is 4.90 Å². The van der Waals surface area contributed by atoms with E-state index in [1.807, 2.05) is 0 Å². The average Bonchev–Trinajstić information content (AvgIpc) is 2.95. The summed E-state index contributed by atoms with van der Waals surface area (Å²) in [6, 6.07) is 4.15. The molecule has 4 nitrogen and oxygen atoms in total. The van der Waals surface area contributed by atoms with Gasteiger partial charge in [-0.25, -0.2) is 0 Å². The maximum atomic E-state index is 14.3. The van der Waals surface area contributed by atoms with Gasteiger partial charge in [-0.1, -0.05) is 67.0 Å². The number of hydrogen-bond acceptors (Lipinski definition) is 3. The number of nitrogens with zero attached hydrogens (tertiary/aromatic N) is 1. The second-order valence-corrected chi connectivity index (χ2v) is 8.92. The number of rotatable bonds is 7. The molecular weight excluding hydrogens is 479 g/mol. The van der Waals surface area contributed by atoms with Gasteiger partial charge in [0.25, 0.3) is 0 Å². The van der Waals surface area contributed by atoms with Crippen LogP contribution in [-0.2, 0) is 17.5 Å². The van der Waals surface area contributed by atoms with E-state index in [1.165, 1.54) is 25.3 Å². The average molecular weight is 515 g/mol. The lowest BCUT2D eigenvalue weighted by Gasteiger charge is -2.33. The van der Waals surface area contributed by atoms with E-state index in [2.05, 4.69) is 0 Å². The summed E-state index contributed by atoms with van der Waals surface area (Å²) in [7, 11) is 1.35. The van der Waals surface area contributed by atoms with Gasteiger partial charge in [-0.2, -0.15) is 13.2 Å². The Morgan fingerprint density at radius 1 is 1.16 bits per heavy atom. The third kappa shape index (κ3) is 6.05. The maximum absolute atomic E-state index is 14.3. The van der Waals surface area contributed by atoms with Crippen LogP contribution in [0.15, 0.2) is 60.5 Å². The highest BCUT2D eigenvalue weighted by atomic mass is 19.4. The Balaban J connectivity index is 1.77. The Hall–Kier alpha value is -3.58. The molecular formula is C30H30F3NO3. The summed E-state index contributed by atoms with van der Waals surface area (Å²) >= 11 is 0. The fraction of sp³-hybridized carbons (Fsp3) is 0.300. The number of carboxylic acid groups (broad SMARTS) is 1. The molecule has 3 aromatic carbocycles. The maximum Gasteiger partial charge on any atom is 0.417 e. The van der Waals surface area contributed by atoms with Crippen molar-refractivity contribution >= 4 is 18.1 Å². The molecule has 1 saturated heterocycles. The van der Waals surface area contributed by atoms with Crippen LogP contribution in [0.4, 0.5) is 13.2 Å². The first-order valence-electron chi connectivity index (χ1n) is 14.4. The van der Waals surface area contributed by atoms with Gasteiger partial charge in [-0.3, -0.25) is 9.69 Å². The number of hydrogen-bond donors (Lipinski definition) is 1. The summed E-state index contributed by atoms with van der Waals surface area (Å²) in [5.74, 6) is -0.813. The number of aliphatic carboxylic acids is 1. The molecule has 0 aliphatic carbocycles. The molecule has 1 fully saturated rings. The van der Waals surface area contributed by atoms with E-state index < -0.39 is 41.9 Å². The van der Waals surface area contributed by atoms with Crippen LogP contribution >= 0.6 is 0 Å². The summed E-state index contributed by atoms with van der Waals surface area (Å²) in [5.41, 5.74) is 0.555. The summed E-state index contributed by atoms with van der Waals surface area (Å²) < 4.78 is 88.6. The van der Waals surface area contributed by atoms with Gasteiger partial charge in [0.15, 0.2) is 0 Å². The van der Waals surface area contributed by atoms with Gasteiger partial charge in [-0.05, 0) is 66.3 Å². The van der Waals surface area contributed by atoms with Gasteiger partial charge < -0.3 is 9.84 Å². The molecule has 1 N–H and O–H groups in total. The number of alkyl halides is 3. The lowest BCUT2D eigenvalue weighted by Crippen LogP contribution is -2.44. The zero-order valence-corrected chi connectivity index (χ0v) is 20.5. The fourth-order valence-corrected chi connectivity index (χ4v) is 4.69. The van der Waals surface area contributed by atoms with Crippen LogP contribution in [0.25, 0.3) is 23.3 Å². The molecule has 0 aromatic heterocycles. The number of likely N-dealkylation sites (tertiary alicyclic amines) is 1. The standard InChI is InChI=1S/C30H30F3NO3/c1-20-21(11-8-12-25(20)22-9-4-3-5-10-22)14-15-23-18-28(37-2)24(17-26(23)30(31,32)33)19-34-16-7-6-13-27(34)29(35)36/h3-5,8-12,14-15,17-18,27H,6-7,13,16,19H2,1-2H3,(H,35,36)/b15-14+/t27-/m0/s1/i3D,4D,5D,9D,10D. The SMILES string of the molecule is [2H]c1c([2H])c([2H])c(-c2cccc(/C=C/c3cc(OC)c(CN4CCCC[C@H]4C(=O)O)cc3C(F)(F)F)c2C)c([2H])c1[2H]. The second-order valence-electron chi connectivity index (χ2n) is 8.92. The molecule has 3 aromatic rings. The number of ether oxygens (including phenoxy) is 1. The van der Waals surface area contributed by atoms with Crippen molar-refractivity contribution in [2.75, 3.05) is 13.7 Å². The van der Waals surface area contributed by atoms with Crippen LogP contribution in [-0.4, -0.2) is 35.7 Å². The van der Waals surface area contributed by atoms with Crippen molar-refractivity contribution in [3.63, 3.8) is 0 Å². The third-order valence-corrected chi connectivity index (χ3v) is 6.62. The molecule has 7 heteroatoms. The van der Waals surface area contributed by atoms with Gasteiger partial charge in [0.1, 0.15) is 11.8 Å². The smallest absolute Gasteiger partial charge is 0.417 e. The van der Waals surface area contributed by atoms with E-state index in [1.54, 1.807) is 30.0 Å². The monoisotopic (exact) mass is 514 g/mol. The van der Waals surface area contributed by atoms with Crippen molar-refractivity contribution in [2.45, 2.75) is 44.9 Å². The second kappa shape index (κ2) is 11.2. The molecule has 0 spiro atoms. The normalized spacial score (nSPS) is 18.6. The number of carbonyl (C=O) groups is 1. The first-order valence-corrected chi connectivity index (χ1v) is 11.9. The van der Waals surface area contributed by atoms with E-state index >= 15 is 0 Å². The van der Waals surface area contributed by atoms with Gasteiger partial charge in [0.05, 0.1) is 19.5 Å². The number of methoxy groups -OCH3 is 1. The molecule has 37 heavy (non-hydrogen) atoms. The molecule has 4 rings (SSSR count). The highest BCUT2D eigenvalue weighted by Crippen LogP contribution is 2.38. The fourth-order valence-electron chi connectivity index (χ4n) is 4.69. The molecule has 1 atom stereocenters. The molecule has 0 bridgehead atoms. The summed E-state index contributed by atoms with van der Waals surface area (Å²) in [6.07, 6.45) is -0.0304. The summed E-state index contributed by atoms with van der Waals surface area (Å²) in [5, 5.41) is 9.59. The topological polar surface area (TPSA) is 49.8 Å². The first-order chi connectivity index (χ1) is 19.8. The number of halogens is 3. The Kier molecular flexibility index (Phi) is 6.21. The molecule has 1 aliphatic heterocycles. The molecule has 0 saturated carbocycles. The number of benzene rings is 3. The van der Waals surface area contributed by atoms with Gasteiger partial charge >= 0.3 is 12.1 Å². The van der Waals surface area contributed by atoms with Gasteiger partial charge in [0.2, 0.25) is 0 Å². The minimum atomic E-state index is -4.71. The predicted molar refractivity (Wildman–Crippen MR) is 139 cm³/mol. The Bertz CT molecular complexity index is 1530. The summed E-state index contributed by atoms with van der Waals surface area (Å²) in [4.78, 5) is 13.4. The highest BCUT2D eigenvalue weighted by Gasteiger charge is 2.35. The highest BCUT2D eigenvalue weighted by molar-refractivity contribution is 5.78. The van der Waals surface area contributed by atoms with Crippen LogP contribution in [0, 0.1) is 6.92 Å². The molecule has 1 heterocycles. The van der Waals surface area contributed by atoms with Crippen LogP contribution in [0.3, 0.4) is 0 Å². The molecule has 0 amide bonds. The third-order valence-electron chi connectivity index (χ3n) is 6.62. The zero-order valence-electron chi connectivity index (χ0n) is 25.5. The lowest BCUT2D eigenvalue weighted by atomic mass is 9.95. The van der Waals surface area contributed by atoms with E-state index in [9.17, 15) is 23.1 Å². The van der Waals surface area contributed by atoms with Gasteiger partial charge in [0, 0.05) is 12.1 Å². The lowest BCUT2D eigenvalue weighted by molar-refractivity contribution is -0.145. The van der Waals surface area contributed by atoms with Crippen molar-refractivity contribution in [3.8, 4) is 16.9 Å². The van der Waals surface area contributed by atoms with E-state index in [-0.39, 0.29) is 41.1 Å². The molecule has 194 valence electrons. The van der Waals surface area contributed by atoms with E-state index in [0.29, 0.717) is 29.7 Å². The van der Waals surface area contributed by atoms with Gasteiger partial charge in [-0.15, -0.1) is 0 Å². The van der Waals surface area contributed by atoms with E-state index in [0.717, 1.165) is 18.9 Å². The molecule has 0 unspecified atom stereocenters. The largest absolute Gasteiger partial charge is 0.496 e. The van der Waals surface area contributed by atoms with Crippen LogP contribution in [0.1, 0.15) is 53.9 Å². The quantitative estimate of drug-likeness (QED) is 0.336. The van der Waals surface area contributed by atoms with Crippen molar-refractivity contribution in [1.29, 1.82) is 0 Å². The Labute approximate surface area is 222 Å². The van der Waals surface area contributed by atoms with Crippen molar-refractivity contribution in [2.24, 2.45) is 0 Å². The zero-order chi connectivity index (χ0) is 30.9. The predicted octanol–water partition coefficient (Wildman–Crippen LogP) is 7.30. The van der Waals surface area contributed by atoms with Crippen LogP contribution in [0.5, 0.6) is 5.75 Å².